The van der Waals surface area contributed by atoms with Gasteiger partial charge in [0.15, 0.2) is 0 Å². The molecule has 0 radical (unpaired) electrons. The zero-order valence-electron chi connectivity index (χ0n) is 11.3. The first-order valence-electron chi connectivity index (χ1n) is 6.51. The van der Waals surface area contributed by atoms with Crippen LogP contribution in [0.4, 0.5) is 5.69 Å². The number of nitro groups is 1. The molecule has 110 valence electrons. The SMILES string of the molecule is CC1(CCCc2cc([N+](=O)[O-])ccc2S(N)(=O)=O)CC1. The Balaban J connectivity index is 2.22. The first-order chi connectivity index (χ1) is 9.21. The van der Waals surface area contributed by atoms with E-state index in [4.69, 9.17) is 5.14 Å². The predicted molar refractivity (Wildman–Crippen MR) is 74.7 cm³/mol. The Morgan fingerprint density at radius 2 is 2.05 bits per heavy atom. The van der Waals surface area contributed by atoms with E-state index in [1.165, 1.54) is 31.0 Å². The summed E-state index contributed by atoms with van der Waals surface area (Å²) in [7, 11) is -3.85. The molecule has 0 aliphatic heterocycles. The molecule has 0 amide bonds. The molecule has 2 N–H and O–H groups in total. The molecule has 0 saturated heterocycles. The zero-order valence-corrected chi connectivity index (χ0v) is 12.1. The van der Waals surface area contributed by atoms with Crippen molar-refractivity contribution in [3.8, 4) is 0 Å². The van der Waals surface area contributed by atoms with Crippen molar-refractivity contribution < 1.29 is 13.3 Å². The molecule has 0 unspecified atom stereocenters. The summed E-state index contributed by atoms with van der Waals surface area (Å²) in [6.07, 6.45) is 4.69. The van der Waals surface area contributed by atoms with Crippen molar-refractivity contribution in [2.45, 2.75) is 43.9 Å². The molecule has 0 aromatic heterocycles. The van der Waals surface area contributed by atoms with Crippen LogP contribution in [-0.4, -0.2) is 13.3 Å². The van der Waals surface area contributed by atoms with Crippen LogP contribution in [0.25, 0.3) is 0 Å². The Kier molecular flexibility index (Phi) is 3.84. The highest BCUT2D eigenvalue weighted by atomic mass is 32.2. The molecule has 1 saturated carbocycles. The number of primary sulfonamides is 1. The third-order valence-corrected chi connectivity index (χ3v) is 4.90. The van der Waals surface area contributed by atoms with E-state index in [0.717, 1.165) is 12.8 Å². The van der Waals surface area contributed by atoms with E-state index >= 15 is 0 Å². The highest BCUT2D eigenvalue weighted by Gasteiger charge is 2.36. The van der Waals surface area contributed by atoms with Crippen molar-refractivity contribution in [2.75, 3.05) is 0 Å². The lowest BCUT2D eigenvalue weighted by Gasteiger charge is -2.10. The maximum Gasteiger partial charge on any atom is 0.269 e. The van der Waals surface area contributed by atoms with E-state index < -0.39 is 14.9 Å². The fraction of sp³-hybridized carbons (Fsp3) is 0.538. The number of nitro benzene ring substituents is 1. The topological polar surface area (TPSA) is 103 Å². The van der Waals surface area contributed by atoms with Gasteiger partial charge in [0.05, 0.1) is 9.82 Å². The summed E-state index contributed by atoms with van der Waals surface area (Å²) in [5.41, 5.74) is 0.707. The van der Waals surface area contributed by atoms with E-state index in [9.17, 15) is 18.5 Å². The van der Waals surface area contributed by atoms with E-state index in [1.54, 1.807) is 0 Å². The lowest BCUT2D eigenvalue weighted by Crippen LogP contribution is -2.15. The maximum atomic E-state index is 11.5. The summed E-state index contributed by atoms with van der Waals surface area (Å²) in [6.45, 7) is 2.20. The van der Waals surface area contributed by atoms with Gasteiger partial charge in [-0.2, -0.15) is 0 Å². The first-order valence-corrected chi connectivity index (χ1v) is 8.06. The predicted octanol–water partition coefficient (Wildman–Crippen LogP) is 2.37. The summed E-state index contributed by atoms with van der Waals surface area (Å²) in [5, 5.41) is 15.9. The Hall–Kier alpha value is -1.47. The molecule has 1 fully saturated rings. The van der Waals surface area contributed by atoms with Gasteiger partial charge < -0.3 is 0 Å². The van der Waals surface area contributed by atoms with Crippen LogP contribution in [0.3, 0.4) is 0 Å². The van der Waals surface area contributed by atoms with Crippen molar-refractivity contribution in [3.63, 3.8) is 0 Å². The smallest absolute Gasteiger partial charge is 0.258 e. The normalized spacial score (nSPS) is 16.9. The molecule has 2 rings (SSSR count). The molecule has 7 heteroatoms. The summed E-state index contributed by atoms with van der Waals surface area (Å²) in [6, 6.07) is 3.71. The second-order valence-corrected chi connectivity index (χ2v) is 7.29. The van der Waals surface area contributed by atoms with Crippen LogP contribution in [0.5, 0.6) is 0 Å². The lowest BCUT2D eigenvalue weighted by atomic mass is 9.99. The molecule has 0 heterocycles. The minimum absolute atomic E-state index is 0.0101. The highest BCUT2D eigenvalue weighted by Crippen LogP contribution is 2.49. The van der Waals surface area contributed by atoms with Crippen molar-refractivity contribution in [2.24, 2.45) is 10.6 Å². The van der Waals surface area contributed by atoms with Crippen LogP contribution in [-0.2, 0) is 16.4 Å². The van der Waals surface area contributed by atoms with Gasteiger partial charge in [0.1, 0.15) is 0 Å². The number of sulfonamides is 1. The minimum atomic E-state index is -3.85. The molecule has 0 spiro atoms. The van der Waals surface area contributed by atoms with Gasteiger partial charge in [0.2, 0.25) is 10.0 Å². The molecule has 1 aliphatic carbocycles. The second kappa shape index (κ2) is 5.14. The molecule has 1 aromatic rings. The van der Waals surface area contributed by atoms with Crippen LogP contribution in [0.15, 0.2) is 23.1 Å². The van der Waals surface area contributed by atoms with Gasteiger partial charge in [-0.3, -0.25) is 10.1 Å². The van der Waals surface area contributed by atoms with Crippen molar-refractivity contribution in [1.29, 1.82) is 0 Å². The van der Waals surface area contributed by atoms with Crippen molar-refractivity contribution >= 4 is 15.7 Å². The molecule has 1 aliphatic rings. The fourth-order valence-electron chi connectivity index (χ4n) is 2.32. The minimum Gasteiger partial charge on any atom is -0.258 e. The van der Waals surface area contributed by atoms with Crippen molar-refractivity contribution in [3.05, 3.63) is 33.9 Å². The molecule has 6 nitrogen and oxygen atoms in total. The summed E-state index contributed by atoms with van der Waals surface area (Å²) in [5.74, 6) is 0. The Morgan fingerprint density at radius 3 is 2.55 bits per heavy atom. The van der Waals surface area contributed by atoms with E-state index in [-0.39, 0.29) is 10.6 Å². The van der Waals surface area contributed by atoms with Crippen LogP contribution >= 0.6 is 0 Å². The number of rotatable bonds is 6. The third-order valence-electron chi connectivity index (χ3n) is 3.89. The third kappa shape index (κ3) is 3.55. The lowest BCUT2D eigenvalue weighted by molar-refractivity contribution is -0.385. The zero-order chi connectivity index (χ0) is 15.0. The van der Waals surface area contributed by atoms with Gasteiger partial charge in [-0.15, -0.1) is 0 Å². The van der Waals surface area contributed by atoms with Gasteiger partial charge in [-0.25, -0.2) is 13.6 Å². The van der Waals surface area contributed by atoms with Crippen molar-refractivity contribution in [1.82, 2.24) is 0 Å². The number of aryl methyl sites for hydroxylation is 1. The summed E-state index contributed by atoms with van der Waals surface area (Å²) < 4.78 is 23.0. The number of benzene rings is 1. The largest absolute Gasteiger partial charge is 0.269 e. The van der Waals surface area contributed by atoms with Crippen LogP contribution in [0, 0.1) is 15.5 Å². The molecule has 1 aromatic carbocycles. The summed E-state index contributed by atoms with van der Waals surface area (Å²) in [4.78, 5) is 10.2. The van der Waals surface area contributed by atoms with Gasteiger partial charge in [0, 0.05) is 12.1 Å². The standard InChI is InChI=1S/C13H18N2O4S/c1-13(7-8-13)6-2-3-10-9-11(15(16)17)4-5-12(10)20(14,18)19/h4-5,9H,2-3,6-8H2,1H3,(H2,14,18,19). The Morgan fingerprint density at radius 1 is 1.40 bits per heavy atom. The summed E-state index contributed by atoms with van der Waals surface area (Å²) >= 11 is 0. The monoisotopic (exact) mass is 298 g/mol. The maximum absolute atomic E-state index is 11.5. The molecular weight excluding hydrogens is 280 g/mol. The Bertz CT molecular complexity index is 636. The van der Waals surface area contributed by atoms with E-state index in [2.05, 4.69) is 6.92 Å². The number of non-ortho nitro benzene ring substituents is 1. The van der Waals surface area contributed by atoms with E-state index in [1.807, 2.05) is 0 Å². The van der Waals surface area contributed by atoms with Crippen LogP contribution in [0.1, 0.15) is 38.2 Å². The molecule has 0 atom stereocenters. The first kappa shape index (κ1) is 14.9. The molecule has 0 bridgehead atoms. The van der Waals surface area contributed by atoms with Crippen LogP contribution in [0.2, 0.25) is 0 Å². The van der Waals surface area contributed by atoms with Gasteiger partial charge in [-0.05, 0) is 49.1 Å². The fourth-order valence-corrected chi connectivity index (χ4v) is 3.11. The Labute approximate surface area is 118 Å². The average Bonchev–Trinajstić information content (AvgIpc) is 3.05. The highest BCUT2D eigenvalue weighted by molar-refractivity contribution is 7.89. The van der Waals surface area contributed by atoms with Gasteiger partial charge in [0.25, 0.3) is 5.69 Å². The number of nitrogens with zero attached hydrogens (tertiary/aromatic N) is 1. The molecular formula is C13H18N2O4S. The van der Waals surface area contributed by atoms with Crippen LogP contribution < -0.4 is 5.14 Å². The number of hydrogen-bond donors (Lipinski definition) is 1. The quantitative estimate of drug-likeness (QED) is 0.643. The second-order valence-electron chi connectivity index (χ2n) is 5.76. The number of nitrogens with two attached hydrogens (primary N) is 1. The van der Waals surface area contributed by atoms with Gasteiger partial charge >= 0.3 is 0 Å². The average molecular weight is 298 g/mol. The van der Waals surface area contributed by atoms with E-state index in [0.29, 0.717) is 17.4 Å². The molecule has 20 heavy (non-hydrogen) atoms. The van der Waals surface area contributed by atoms with Gasteiger partial charge in [-0.1, -0.05) is 6.92 Å². The number of hydrogen-bond acceptors (Lipinski definition) is 4.